The fraction of sp³-hybridized carbons (Fsp3) is 0.429. The summed E-state index contributed by atoms with van der Waals surface area (Å²) in [5.74, 6) is -0.953. The summed E-state index contributed by atoms with van der Waals surface area (Å²) in [6, 6.07) is 7.74. The smallest absolute Gasteiger partial charge is 0.319 e. The van der Waals surface area contributed by atoms with E-state index >= 15 is 0 Å². The molecule has 18 heavy (non-hydrogen) atoms. The molecule has 0 spiro atoms. The van der Waals surface area contributed by atoms with Gasteiger partial charge in [-0.05, 0) is 24.5 Å². The first-order chi connectivity index (χ1) is 8.56. The zero-order chi connectivity index (χ0) is 12.9. The number of para-hydroxylation sites is 1. The molecule has 1 aromatic carbocycles. The number of carbonyl (C=O) groups excluding carboxylic acids is 1. The van der Waals surface area contributed by atoms with Gasteiger partial charge < -0.3 is 10.0 Å². The molecule has 0 unspecified atom stereocenters. The third kappa shape index (κ3) is 1.38. The van der Waals surface area contributed by atoms with Gasteiger partial charge in [-0.3, -0.25) is 9.59 Å². The SMILES string of the molecule is C[C@@H]1CN(C(=O)C2(C(=O)O)CC2)c2ccccc21. The topological polar surface area (TPSA) is 57.6 Å². The van der Waals surface area contributed by atoms with Crippen LogP contribution in [-0.2, 0) is 9.59 Å². The van der Waals surface area contributed by atoms with Gasteiger partial charge in [-0.15, -0.1) is 0 Å². The highest BCUT2D eigenvalue weighted by atomic mass is 16.4. The molecule has 1 N–H and O–H groups in total. The lowest BCUT2D eigenvalue weighted by molar-refractivity contribution is -0.148. The van der Waals surface area contributed by atoms with E-state index in [2.05, 4.69) is 6.92 Å². The van der Waals surface area contributed by atoms with Crippen LogP contribution in [0.15, 0.2) is 24.3 Å². The summed E-state index contributed by atoms with van der Waals surface area (Å²) in [5.41, 5.74) is 0.867. The van der Waals surface area contributed by atoms with Crippen LogP contribution in [0.3, 0.4) is 0 Å². The van der Waals surface area contributed by atoms with E-state index in [-0.39, 0.29) is 11.8 Å². The van der Waals surface area contributed by atoms with Crippen LogP contribution in [0.4, 0.5) is 5.69 Å². The Hall–Kier alpha value is -1.84. The largest absolute Gasteiger partial charge is 0.480 e. The zero-order valence-electron chi connectivity index (χ0n) is 10.2. The Balaban J connectivity index is 1.96. The minimum Gasteiger partial charge on any atom is -0.480 e. The quantitative estimate of drug-likeness (QED) is 0.811. The highest BCUT2D eigenvalue weighted by Crippen LogP contribution is 2.50. The second-order valence-corrected chi connectivity index (χ2v) is 5.26. The molecule has 1 aliphatic heterocycles. The van der Waals surface area contributed by atoms with Gasteiger partial charge in [0, 0.05) is 18.2 Å². The number of hydrogen-bond donors (Lipinski definition) is 1. The molecule has 1 fully saturated rings. The molecule has 1 atom stereocenters. The first kappa shape index (κ1) is 11.3. The second kappa shape index (κ2) is 3.57. The van der Waals surface area contributed by atoms with Gasteiger partial charge in [0.05, 0.1) is 0 Å². The molecule has 4 heteroatoms. The van der Waals surface area contributed by atoms with Crippen molar-refractivity contribution in [2.45, 2.75) is 25.7 Å². The lowest BCUT2D eigenvalue weighted by Gasteiger charge is -2.21. The van der Waals surface area contributed by atoms with Crippen molar-refractivity contribution in [1.29, 1.82) is 0 Å². The Morgan fingerprint density at radius 1 is 1.33 bits per heavy atom. The maximum absolute atomic E-state index is 12.4. The Kier molecular flexibility index (Phi) is 2.24. The van der Waals surface area contributed by atoms with Crippen molar-refractivity contribution in [3.63, 3.8) is 0 Å². The molecular formula is C14H15NO3. The van der Waals surface area contributed by atoms with E-state index < -0.39 is 11.4 Å². The average molecular weight is 245 g/mol. The molecule has 1 heterocycles. The van der Waals surface area contributed by atoms with Crippen molar-refractivity contribution in [3.05, 3.63) is 29.8 Å². The number of carbonyl (C=O) groups is 2. The Labute approximate surface area is 105 Å². The minimum absolute atomic E-state index is 0.244. The van der Waals surface area contributed by atoms with Crippen LogP contribution in [0, 0.1) is 5.41 Å². The minimum atomic E-state index is -1.14. The van der Waals surface area contributed by atoms with E-state index in [0.29, 0.717) is 19.4 Å². The molecule has 1 aliphatic carbocycles. The molecule has 1 amide bonds. The van der Waals surface area contributed by atoms with Crippen LogP contribution in [0.25, 0.3) is 0 Å². The monoisotopic (exact) mass is 245 g/mol. The Bertz CT molecular complexity index is 534. The van der Waals surface area contributed by atoms with Crippen LogP contribution in [0.2, 0.25) is 0 Å². The summed E-state index contributed by atoms with van der Waals surface area (Å²) in [5, 5.41) is 9.20. The van der Waals surface area contributed by atoms with Gasteiger partial charge in [0.1, 0.15) is 5.41 Å². The van der Waals surface area contributed by atoms with Crippen LogP contribution >= 0.6 is 0 Å². The predicted octanol–water partition coefficient (Wildman–Crippen LogP) is 2.00. The van der Waals surface area contributed by atoms with Crippen molar-refractivity contribution in [3.8, 4) is 0 Å². The van der Waals surface area contributed by atoms with E-state index in [9.17, 15) is 14.7 Å². The van der Waals surface area contributed by atoms with Gasteiger partial charge in [0.2, 0.25) is 5.91 Å². The molecule has 94 valence electrons. The van der Waals surface area contributed by atoms with Gasteiger partial charge >= 0.3 is 5.97 Å². The molecule has 2 aliphatic rings. The number of amides is 1. The molecular weight excluding hydrogens is 230 g/mol. The standard InChI is InChI=1S/C14H15NO3/c1-9-8-15(11-5-3-2-4-10(9)11)12(16)14(6-7-14)13(17)18/h2-5,9H,6-8H2,1H3,(H,17,18)/t9-/m1/s1. The Morgan fingerprint density at radius 2 is 2.00 bits per heavy atom. The number of anilines is 1. The van der Waals surface area contributed by atoms with E-state index in [1.54, 1.807) is 4.90 Å². The lowest BCUT2D eigenvalue weighted by atomic mass is 10.0. The average Bonchev–Trinajstić information content (AvgIpc) is 3.11. The molecule has 4 nitrogen and oxygen atoms in total. The molecule has 0 bridgehead atoms. The van der Waals surface area contributed by atoms with Gasteiger partial charge in [0.15, 0.2) is 0 Å². The molecule has 0 aromatic heterocycles. The van der Waals surface area contributed by atoms with Gasteiger partial charge in [-0.2, -0.15) is 0 Å². The van der Waals surface area contributed by atoms with E-state index in [1.807, 2.05) is 24.3 Å². The van der Waals surface area contributed by atoms with E-state index in [1.165, 1.54) is 0 Å². The van der Waals surface area contributed by atoms with Gasteiger partial charge in [0.25, 0.3) is 0 Å². The number of rotatable bonds is 2. The third-order valence-corrected chi connectivity index (χ3v) is 4.03. The van der Waals surface area contributed by atoms with Crippen LogP contribution < -0.4 is 4.90 Å². The van der Waals surface area contributed by atoms with Gasteiger partial charge in [-0.1, -0.05) is 25.1 Å². The van der Waals surface area contributed by atoms with Gasteiger partial charge in [-0.25, -0.2) is 0 Å². The van der Waals surface area contributed by atoms with E-state index in [4.69, 9.17) is 0 Å². The second-order valence-electron chi connectivity index (χ2n) is 5.26. The highest BCUT2D eigenvalue weighted by molar-refractivity contribution is 6.12. The third-order valence-electron chi connectivity index (χ3n) is 4.03. The van der Waals surface area contributed by atoms with Crippen LogP contribution in [0.5, 0.6) is 0 Å². The number of fused-ring (bicyclic) bond motifs is 1. The normalized spacial score (nSPS) is 23.6. The highest BCUT2D eigenvalue weighted by Gasteiger charge is 2.59. The lowest BCUT2D eigenvalue weighted by Crippen LogP contribution is -2.40. The summed E-state index contributed by atoms with van der Waals surface area (Å²) >= 11 is 0. The predicted molar refractivity (Wildman–Crippen MR) is 66.5 cm³/mol. The number of benzene rings is 1. The maximum Gasteiger partial charge on any atom is 0.319 e. The summed E-state index contributed by atoms with van der Waals surface area (Å²) in [6.07, 6.45) is 0.933. The molecule has 3 rings (SSSR count). The summed E-state index contributed by atoms with van der Waals surface area (Å²) in [7, 11) is 0. The summed E-state index contributed by atoms with van der Waals surface area (Å²) in [6.45, 7) is 2.65. The van der Waals surface area contributed by atoms with Crippen molar-refractivity contribution >= 4 is 17.6 Å². The number of carboxylic acids is 1. The molecule has 1 saturated carbocycles. The van der Waals surface area contributed by atoms with Crippen molar-refractivity contribution in [1.82, 2.24) is 0 Å². The molecule has 1 aromatic rings. The van der Waals surface area contributed by atoms with Crippen molar-refractivity contribution < 1.29 is 14.7 Å². The van der Waals surface area contributed by atoms with Crippen molar-refractivity contribution in [2.75, 3.05) is 11.4 Å². The number of aliphatic carboxylic acids is 1. The number of hydrogen-bond acceptors (Lipinski definition) is 2. The first-order valence-electron chi connectivity index (χ1n) is 6.20. The van der Waals surface area contributed by atoms with Crippen LogP contribution in [0.1, 0.15) is 31.2 Å². The zero-order valence-corrected chi connectivity index (χ0v) is 10.2. The molecule has 0 saturated heterocycles. The summed E-state index contributed by atoms with van der Waals surface area (Å²) in [4.78, 5) is 25.3. The van der Waals surface area contributed by atoms with Crippen molar-refractivity contribution in [2.24, 2.45) is 5.41 Å². The first-order valence-corrected chi connectivity index (χ1v) is 6.20. The Morgan fingerprint density at radius 3 is 2.61 bits per heavy atom. The van der Waals surface area contributed by atoms with Crippen LogP contribution in [-0.4, -0.2) is 23.5 Å². The van der Waals surface area contributed by atoms with E-state index in [0.717, 1.165) is 11.3 Å². The summed E-state index contributed by atoms with van der Waals surface area (Å²) < 4.78 is 0. The maximum atomic E-state index is 12.4. The number of nitrogens with zero attached hydrogens (tertiary/aromatic N) is 1. The fourth-order valence-electron chi connectivity index (χ4n) is 2.72. The fourth-order valence-corrected chi connectivity index (χ4v) is 2.72. The molecule has 0 radical (unpaired) electrons. The number of carboxylic acid groups (broad SMARTS) is 1.